The van der Waals surface area contributed by atoms with Crippen molar-refractivity contribution in [2.45, 2.75) is 6.04 Å². The molecule has 0 aliphatic heterocycles. The van der Waals surface area contributed by atoms with E-state index in [-0.39, 0.29) is 6.04 Å². The van der Waals surface area contributed by atoms with Crippen molar-refractivity contribution in [2.24, 2.45) is 5.84 Å². The molecule has 1 aromatic heterocycles. The number of fused-ring (bicyclic) bond motifs is 1. The predicted molar refractivity (Wildman–Crippen MR) is 92.2 cm³/mol. The van der Waals surface area contributed by atoms with Crippen LogP contribution < -0.4 is 11.3 Å². The highest BCUT2D eigenvalue weighted by Crippen LogP contribution is 2.35. The van der Waals surface area contributed by atoms with Gasteiger partial charge in [-0.25, -0.2) is 5.43 Å². The molecule has 3 N–H and O–H groups in total. The quantitative estimate of drug-likeness (QED) is 0.446. The number of hydrogen-bond donors (Lipinski definition) is 2. The molecule has 21 heavy (non-hydrogen) atoms. The second-order valence-electron chi connectivity index (χ2n) is 4.57. The van der Waals surface area contributed by atoms with Crippen LogP contribution in [0, 0.1) is 0 Å². The highest BCUT2D eigenvalue weighted by molar-refractivity contribution is 9.11. The Morgan fingerprint density at radius 3 is 2.67 bits per heavy atom. The fraction of sp³-hybridized carbons (Fsp3) is 0.0667. The van der Waals surface area contributed by atoms with Gasteiger partial charge >= 0.3 is 0 Å². The lowest BCUT2D eigenvalue weighted by Gasteiger charge is -2.15. The summed E-state index contributed by atoms with van der Waals surface area (Å²) in [5.74, 6) is 6.44. The van der Waals surface area contributed by atoms with E-state index >= 15 is 0 Å². The van der Waals surface area contributed by atoms with Crippen LogP contribution >= 0.6 is 43.5 Å². The van der Waals surface area contributed by atoms with Gasteiger partial charge in [-0.05, 0) is 35.9 Å². The lowest BCUT2D eigenvalue weighted by Crippen LogP contribution is -2.28. The normalized spacial score (nSPS) is 12.8. The minimum Gasteiger partial charge on any atom is -0.457 e. The molecule has 0 bridgehead atoms. The van der Waals surface area contributed by atoms with Crippen molar-refractivity contribution in [3.63, 3.8) is 0 Å². The molecule has 6 heteroatoms. The van der Waals surface area contributed by atoms with Crippen LogP contribution in [-0.4, -0.2) is 0 Å². The Bertz CT molecular complexity index is 803. The standard InChI is InChI=1S/C15H11Br2ClN2O/c16-9-4-5-11(17)10(7-9)14(20-19)13-6-8-2-1-3-12(18)15(8)21-13/h1-7,14,20H,19H2. The molecule has 0 saturated heterocycles. The Hall–Kier alpha value is -0.850. The number of halogens is 3. The van der Waals surface area contributed by atoms with Gasteiger partial charge < -0.3 is 4.42 Å². The number of nitrogens with two attached hydrogens (primary N) is 1. The highest BCUT2D eigenvalue weighted by Gasteiger charge is 2.20. The van der Waals surface area contributed by atoms with E-state index in [2.05, 4.69) is 37.3 Å². The molecule has 2 aromatic carbocycles. The van der Waals surface area contributed by atoms with Crippen LogP contribution in [0.2, 0.25) is 5.02 Å². The van der Waals surface area contributed by atoms with E-state index < -0.39 is 0 Å². The molecular weight excluding hydrogens is 419 g/mol. The Labute approximate surface area is 143 Å². The molecule has 1 heterocycles. The molecule has 1 atom stereocenters. The largest absolute Gasteiger partial charge is 0.457 e. The Morgan fingerprint density at radius 2 is 1.95 bits per heavy atom. The number of benzene rings is 2. The van der Waals surface area contributed by atoms with Crippen molar-refractivity contribution in [2.75, 3.05) is 0 Å². The number of hydrogen-bond acceptors (Lipinski definition) is 3. The summed E-state index contributed by atoms with van der Waals surface area (Å²) in [5, 5.41) is 1.53. The van der Waals surface area contributed by atoms with Crippen molar-refractivity contribution >= 4 is 54.4 Å². The van der Waals surface area contributed by atoms with Gasteiger partial charge in [-0.1, -0.05) is 55.6 Å². The van der Waals surface area contributed by atoms with Crippen LogP contribution in [0.3, 0.4) is 0 Å². The van der Waals surface area contributed by atoms with Gasteiger partial charge in [-0.3, -0.25) is 5.84 Å². The van der Waals surface area contributed by atoms with Crippen molar-refractivity contribution in [1.82, 2.24) is 5.43 Å². The Morgan fingerprint density at radius 1 is 1.14 bits per heavy atom. The molecule has 0 fully saturated rings. The number of para-hydroxylation sites is 1. The van der Waals surface area contributed by atoms with Gasteiger partial charge in [0.05, 0.1) is 5.02 Å². The monoisotopic (exact) mass is 428 g/mol. The van der Waals surface area contributed by atoms with Gasteiger partial charge in [0.1, 0.15) is 11.8 Å². The molecule has 3 nitrogen and oxygen atoms in total. The Kier molecular flexibility index (Phi) is 4.38. The molecule has 0 saturated carbocycles. The van der Waals surface area contributed by atoms with Gasteiger partial charge in [0.15, 0.2) is 5.58 Å². The second-order valence-corrected chi connectivity index (χ2v) is 6.75. The maximum absolute atomic E-state index is 6.16. The van der Waals surface area contributed by atoms with Gasteiger partial charge in [0.2, 0.25) is 0 Å². The lowest BCUT2D eigenvalue weighted by molar-refractivity contribution is 0.476. The first-order valence-corrected chi connectivity index (χ1v) is 8.15. The van der Waals surface area contributed by atoms with E-state index in [1.807, 2.05) is 36.4 Å². The fourth-order valence-electron chi connectivity index (χ4n) is 2.25. The van der Waals surface area contributed by atoms with Gasteiger partial charge in [-0.15, -0.1) is 0 Å². The third kappa shape index (κ3) is 2.89. The summed E-state index contributed by atoms with van der Waals surface area (Å²) in [6.07, 6.45) is 0. The van der Waals surface area contributed by atoms with E-state index in [1.165, 1.54) is 0 Å². The molecule has 0 amide bonds. The lowest BCUT2D eigenvalue weighted by atomic mass is 10.1. The maximum Gasteiger partial charge on any atom is 0.152 e. The molecule has 3 rings (SSSR count). The van der Waals surface area contributed by atoms with E-state index in [0.717, 1.165) is 19.9 Å². The van der Waals surface area contributed by atoms with Crippen LogP contribution in [0.5, 0.6) is 0 Å². The van der Waals surface area contributed by atoms with E-state index in [1.54, 1.807) is 6.07 Å². The highest BCUT2D eigenvalue weighted by atomic mass is 79.9. The minimum absolute atomic E-state index is 0.277. The first kappa shape index (κ1) is 15.1. The van der Waals surface area contributed by atoms with Crippen molar-refractivity contribution in [1.29, 1.82) is 0 Å². The van der Waals surface area contributed by atoms with Crippen LogP contribution in [-0.2, 0) is 0 Å². The summed E-state index contributed by atoms with van der Waals surface area (Å²) in [6.45, 7) is 0. The summed E-state index contributed by atoms with van der Waals surface area (Å²) in [6, 6.07) is 13.2. The molecule has 3 aromatic rings. The number of hydrazine groups is 1. The maximum atomic E-state index is 6.16. The van der Waals surface area contributed by atoms with Crippen LogP contribution in [0.4, 0.5) is 0 Å². The predicted octanol–water partition coefficient (Wildman–Crippen LogP) is 5.16. The average Bonchev–Trinajstić information content (AvgIpc) is 2.89. The van der Waals surface area contributed by atoms with E-state index in [4.69, 9.17) is 21.9 Å². The first-order valence-electron chi connectivity index (χ1n) is 6.19. The van der Waals surface area contributed by atoms with E-state index in [0.29, 0.717) is 16.4 Å². The molecule has 0 aliphatic rings. The zero-order valence-electron chi connectivity index (χ0n) is 10.7. The zero-order chi connectivity index (χ0) is 15.0. The third-order valence-electron chi connectivity index (χ3n) is 3.24. The summed E-state index contributed by atoms with van der Waals surface area (Å²) >= 11 is 13.2. The van der Waals surface area contributed by atoms with Gasteiger partial charge in [0.25, 0.3) is 0 Å². The summed E-state index contributed by atoms with van der Waals surface area (Å²) in [5.41, 5.74) is 4.44. The topological polar surface area (TPSA) is 51.2 Å². The fourth-order valence-corrected chi connectivity index (χ4v) is 3.33. The van der Waals surface area contributed by atoms with Crippen molar-refractivity contribution < 1.29 is 4.42 Å². The number of rotatable bonds is 3. The summed E-state index contributed by atoms with van der Waals surface area (Å²) in [4.78, 5) is 0. The molecule has 0 spiro atoms. The molecule has 0 radical (unpaired) electrons. The zero-order valence-corrected chi connectivity index (χ0v) is 14.7. The molecule has 108 valence electrons. The van der Waals surface area contributed by atoms with Crippen LogP contribution in [0.15, 0.2) is 55.8 Å². The van der Waals surface area contributed by atoms with Crippen molar-refractivity contribution in [3.05, 3.63) is 67.8 Å². The Balaban J connectivity index is 2.13. The SMILES string of the molecule is NNC(c1cc2cccc(Cl)c2o1)c1cc(Br)ccc1Br. The van der Waals surface area contributed by atoms with Gasteiger partial charge in [-0.2, -0.15) is 0 Å². The summed E-state index contributed by atoms with van der Waals surface area (Å²) < 4.78 is 7.80. The van der Waals surface area contributed by atoms with Crippen molar-refractivity contribution in [3.8, 4) is 0 Å². The average molecular weight is 431 g/mol. The minimum atomic E-state index is -0.277. The van der Waals surface area contributed by atoms with Gasteiger partial charge in [0, 0.05) is 14.3 Å². The molecular formula is C15H11Br2ClN2O. The number of furan rings is 1. The van der Waals surface area contributed by atoms with Crippen LogP contribution in [0.25, 0.3) is 11.0 Å². The molecule has 0 aliphatic carbocycles. The molecule has 1 unspecified atom stereocenters. The smallest absolute Gasteiger partial charge is 0.152 e. The second kappa shape index (κ2) is 6.10. The van der Waals surface area contributed by atoms with Crippen LogP contribution in [0.1, 0.15) is 17.4 Å². The third-order valence-corrected chi connectivity index (χ3v) is 4.75. The first-order chi connectivity index (χ1) is 10.1. The van der Waals surface area contributed by atoms with E-state index in [9.17, 15) is 0 Å². The summed E-state index contributed by atoms with van der Waals surface area (Å²) in [7, 11) is 0. The number of nitrogens with one attached hydrogen (secondary N) is 1.